The van der Waals surface area contributed by atoms with Gasteiger partial charge in [-0.2, -0.15) is 0 Å². The van der Waals surface area contributed by atoms with E-state index in [0.717, 1.165) is 12.5 Å². The fourth-order valence-electron chi connectivity index (χ4n) is 1.65. The molecule has 0 fully saturated rings. The van der Waals surface area contributed by atoms with E-state index in [4.69, 9.17) is 10.6 Å². The van der Waals surface area contributed by atoms with Crippen molar-refractivity contribution < 1.29 is 13.5 Å². The second-order valence-corrected chi connectivity index (χ2v) is 3.72. The first-order valence-corrected chi connectivity index (χ1v) is 5.67. The fraction of sp³-hybridized carbons (Fsp3) is 0.500. The SMILES string of the molecule is CCOCCCC(NN)c1ccc(F)cc1F. The van der Waals surface area contributed by atoms with Crippen LogP contribution in [0.5, 0.6) is 0 Å². The molecule has 0 aromatic heterocycles. The lowest BCUT2D eigenvalue weighted by Gasteiger charge is -2.16. The molecule has 0 bridgehead atoms. The number of halogens is 2. The number of ether oxygens (including phenoxy) is 1. The molecule has 0 spiro atoms. The predicted octanol–water partition coefficient (Wildman–Crippen LogP) is 2.29. The molecule has 1 rings (SSSR count). The average molecular weight is 244 g/mol. The van der Waals surface area contributed by atoms with Crippen LogP contribution in [0.3, 0.4) is 0 Å². The second kappa shape index (κ2) is 7.32. The van der Waals surface area contributed by atoms with Crippen molar-refractivity contribution in [3.63, 3.8) is 0 Å². The lowest BCUT2D eigenvalue weighted by atomic mass is 10.0. The molecule has 1 unspecified atom stereocenters. The van der Waals surface area contributed by atoms with Crippen molar-refractivity contribution in [2.45, 2.75) is 25.8 Å². The van der Waals surface area contributed by atoms with E-state index in [1.54, 1.807) is 0 Å². The Morgan fingerprint density at radius 1 is 1.41 bits per heavy atom. The summed E-state index contributed by atoms with van der Waals surface area (Å²) >= 11 is 0. The number of hydrazine groups is 1. The van der Waals surface area contributed by atoms with E-state index in [2.05, 4.69) is 5.43 Å². The van der Waals surface area contributed by atoms with Crippen LogP contribution in [0.15, 0.2) is 18.2 Å². The highest BCUT2D eigenvalue weighted by molar-refractivity contribution is 5.21. The monoisotopic (exact) mass is 244 g/mol. The molecular weight excluding hydrogens is 226 g/mol. The van der Waals surface area contributed by atoms with Crippen LogP contribution < -0.4 is 11.3 Å². The summed E-state index contributed by atoms with van der Waals surface area (Å²) in [6.45, 7) is 3.18. The molecule has 1 aromatic carbocycles. The van der Waals surface area contributed by atoms with Crippen LogP contribution in [0.25, 0.3) is 0 Å². The van der Waals surface area contributed by atoms with Gasteiger partial charge in [-0.15, -0.1) is 0 Å². The van der Waals surface area contributed by atoms with E-state index in [1.165, 1.54) is 12.1 Å². The first-order valence-electron chi connectivity index (χ1n) is 5.67. The first-order chi connectivity index (χ1) is 8.19. The highest BCUT2D eigenvalue weighted by Crippen LogP contribution is 2.21. The van der Waals surface area contributed by atoms with Crippen LogP contribution >= 0.6 is 0 Å². The number of nitrogens with one attached hydrogen (secondary N) is 1. The Kier molecular flexibility index (Phi) is 6.04. The summed E-state index contributed by atoms with van der Waals surface area (Å²) in [6, 6.07) is 3.18. The summed E-state index contributed by atoms with van der Waals surface area (Å²) in [5, 5.41) is 0. The van der Waals surface area contributed by atoms with Crippen molar-refractivity contribution >= 4 is 0 Å². The highest BCUT2D eigenvalue weighted by Gasteiger charge is 2.14. The van der Waals surface area contributed by atoms with Gasteiger partial charge in [-0.05, 0) is 25.8 Å². The molecule has 0 aliphatic heterocycles. The molecule has 1 atom stereocenters. The summed E-state index contributed by atoms with van der Waals surface area (Å²) in [6.07, 6.45) is 1.40. The molecule has 5 heteroatoms. The molecule has 0 amide bonds. The molecule has 0 aliphatic rings. The number of rotatable bonds is 7. The quantitative estimate of drug-likeness (QED) is 0.439. The minimum Gasteiger partial charge on any atom is -0.382 e. The van der Waals surface area contributed by atoms with Crippen LogP contribution in [0, 0.1) is 11.6 Å². The van der Waals surface area contributed by atoms with Crippen molar-refractivity contribution in [3.05, 3.63) is 35.4 Å². The molecule has 3 nitrogen and oxygen atoms in total. The van der Waals surface area contributed by atoms with Crippen molar-refractivity contribution in [1.29, 1.82) is 0 Å². The van der Waals surface area contributed by atoms with Gasteiger partial charge < -0.3 is 4.74 Å². The maximum atomic E-state index is 13.5. The van der Waals surface area contributed by atoms with E-state index in [9.17, 15) is 8.78 Å². The summed E-state index contributed by atoms with van der Waals surface area (Å²) in [5.41, 5.74) is 2.92. The largest absolute Gasteiger partial charge is 0.382 e. The standard InChI is InChI=1S/C12H18F2N2O/c1-2-17-7-3-4-12(16-15)10-6-5-9(13)8-11(10)14/h5-6,8,12,16H,2-4,7,15H2,1H3. The molecule has 0 saturated heterocycles. The van der Waals surface area contributed by atoms with Gasteiger partial charge in [0.05, 0.1) is 0 Å². The minimum atomic E-state index is -0.587. The van der Waals surface area contributed by atoms with E-state index in [1.807, 2.05) is 6.92 Å². The molecule has 0 aliphatic carbocycles. The van der Waals surface area contributed by atoms with Gasteiger partial charge in [0.1, 0.15) is 11.6 Å². The maximum absolute atomic E-state index is 13.5. The van der Waals surface area contributed by atoms with Crippen LogP contribution in [-0.2, 0) is 4.74 Å². The van der Waals surface area contributed by atoms with Gasteiger partial charge in [-0.25, -0.2) is 8.78 Å². The van der Waals surface area contributed by atoms with Gasteiger partial charge in [-0.1, -0.05) is 6.07 Å². The lowest BCUT2D eigenvalue weighted by molar-refractivity contribution is 0.140. The third kappa shape index (κ3) is 4.38. The Morgan fingerprint density at radius 3 is 2.76 bits per heavy atom. The van der Waals surface area contributed by atoms with Crippen LogP contribution in [0.2, 0.25) is 0 Å². The molecular formula is C12H18F2N2O. The zero-order valence-electron chi connectivity index (χ0n) is 9.88. The fourth-order valence-corrected chi connectivity index (χ4v) is 1.65. The van der Waals surface area contributed by atoms with E-state index in [-0.39, 0.29) is 6.04 Å². The van der Waals surface area contributed by atoms with Gasteiger partial charge >= 0.3 is 0 Å². The predicted molar refractivity (Wildman–Crippen MR) is 62.1 cm³/mol. The van der Waals surface area contributed by atoms with Crippen molar-refractivity contribution in [2.75, 3.05) is 13.2 Å². The lowest BCUT2D eigenvalue weighted by Crippen LogP contribution is -2.29. The molecule has 96 valence electrons. The average Bonchev–Trinajstić information content (AvgIpc) is 2.31. The van der Waals surface area contributed by atoms with Crippen LogP contribution in [0.1, 0.15) is 31.4 Å². The van der Waals surface area contributed by atoms with E-state index < -0.39 is 11.6 Å². The molecule has 1 aromatic rings. The maximum Gasteiger partial charge on any atom is 0.130 e. The smallest absolute Gasteiger partial charge is 0.130 e. The number of hydrogen-bond acceptors (Lipinski definition) is 3. The number of hydrogen-bond donors (Lipinski definition) is 2. The summed E-state index contributed by atoms with van der Waals surface area (Å²) in [7, 11) is 0. The Balaban J connectivity index is 2.59. The second-order valence-electron chi connectivity index (χ2n) is 3.72. The molecule has 3 N–H and O–H groups in total. The normalized spacial score (nSPS) is 12.7. The number of nitrogens with two attached hydrogens (primary N) is 1. The summed E-state index contributed by atoms with van der Waals surface area (Å²) < 4.78 is 31.4. The topological polar surface area (TPSA) is 47.3 Å². The third-order valence-electron chi connectivity index (χ3n) is 2.52. The molecule has 0 radical (unpaired) electrons. The van der Waals surface area contributed by atoms with Crippen molar-refractivity contribution in [1.82, 2.24) is 5.43 Å². The Bertz CT molecular complexity index is 347. The Morgan fingerprint density at radius 2 is 2.18 bits per heavy atom. The van der Waals surface area contributed by atoms with Gasteiger partial charge in [0.25, 0.3) is 0 Å². The zero-order chi connectivity index (χ0) is 12.7. The summed E-state index contributed by atoms with van der Waals surface area (Å²) in [4.78, 5) is 0. The van der Waals surface area contributed by atoms with E-state index in [0.29, 0.717) is 25.2 Å². The Hall–Kier alpha value is -1.04. The highest BCUT2D eigenvalue weighted by atomic mass is 19.1. The molecule has 17 heavy (non-hydrogen) atoms. The minimum absolute atomic E-state index is 0.323. The van der Waals surface area contributed by atoms with Crippen molar-refractivity contribution in [3.8, 4) is 0 Å². The Labute approximate surface area is 99.9 Å². The van der Waals surface area contributed by atoms with Gasteiger partial charge in [-0.3, -0.25) is 11.3 Å². The zero-order valence-corrected chi connectivity index (χ0v) is 9.88. The third-order valence-corrected chi connectivity index (χ3v) is 2.52. The summed E-state index contributed by atoms with van der Waals surface area (Å²) in [5.74, 6) is 4.21. The van der Waals surface area contributed by atoms with Gasteiger partial charge in [0.2, 0.25) is 0 Å². The number of benzene rings is 1. The van der Waals surface area contributed by atoms with Gasteiger partial charge in [0, 0.05) is 30.9 Å². The molecule has 0 saturated carbocycles. The van der Waals surface area contributed by atoms with E-state index >= 15 is 0 Å². The van der Waals surface area contributed by atoms with Crippen LogP contribution in [-0.4, -0.2) is 13.2 Å². The van der Waals surface area contributed by atoms with Crippen molar-refractivity contribution in [2.24, 2.45) is 5.84 Å². The van der Waals surface area contributed by atoms with Gasteiger partial charge in [0.15, 0.2) is 0 Å². The molecule has 0 heterocycles. The van der Waals surface area contributed by atoms with Crippen LogP contribution in [0.4, 0.5) is 8.78 Å². The first kappa shape index (κ1) is 14.0.